The summed E-state index contributed by atoms with van der Waals surface area (Å²) >= 11 is 1.25. The molecule has 0 saturated heterocycles. The molecule has 2 aromatic heterocycles. The molecule has 6 nitrogen and oxygen atoms in total. The number of amides is 1. The van der Waals surface area contributed by atoms with Gasteiger partial charge in [-0.1, -0.05) is 0 Å². The molecule has 1 amide bonds. The molecule has 2 aromatic carbocycles. The van der Waals surface area contributed by atoms with Gasteiger partial charge in [0.2, 0.25) is 0 Å². The highest BCUT2D eigenvalue weighted by atomic mass is 32.1. The van der Waals surface area contributed by atoms with Crippen molar-refractivity contribution >= 4 is 55.5 Å². The van der Waals surface area contributed by atoms with Crippen LogP contribution in [0.1, 0.15) is 27.0 Å². The molecule has 140 valence electrons. The second-order valence-corrected chi connectivity index (χ2v) is 7.33. The third-order valence-electron chi connectivity index (χ3n) is 4.48. The van der Waals surface area contributed by atoms with Gasteiger partial charge in [-0.2, -0.15) is 0 Å². The molecule has 7 heteroatoms. The fourth-order valence-electron chi connectivity index (χ4n) is 2.95. The average molecular weight is 391 g/mol. The van der Waals surface area contributed by atoms with Gasteiger partial charge in [-0.05, 0) is 55.5 Å². The average Bonchev–Trinajstić information content (AvgIpc) is 3.02. The summed E-state index contributed by atoms with van der Waals surface area (Å²) in [6.07, 6.45) is 0. The second-order valence-electron chi connectivity index (χ2n) is 6.33. The van der Waals surface area contributed by atoms with Crippen molar-refractivity contribution in [3.05, 3.63) is 59.0 Å². The van der Waals surface area contributed by atoms with Crippen LogP contribution in [-0.2, 0) is 0 Å². The van der Waals surface area contributed by atoms with Crippen LogP contribution >= 0.6 is 11.3 Å². The van der Waals surface area contributed by atoms with Gasteiger partial charge < -0.3 is 15.8 Å². The lowest BCUT2D eigenvalue weighted by molar-refractivity contribution is 0.101. The highest BCUT2D eigenvalue weighted by Crippen LogP contribution is 2.35. The predicted octanol–water partition coefficient (Wildman–Crippen LogP) is 4.50. The van der Waals surface area contributed by atoms with E-state index in [-0.39, 0.29) is 11.7 Å². The zero-order valence-electron chi connectivity index (χ0n) is 15.3. The number of hydrogen-bond acceptors (Lipinski definition) is 6. The van der Waals surface area contributed by atoms with Gasteiger partial charge in [0.1, 0.15) is 15.5 Å². The Labute approximate surface area is 164 Å². The number of rotatable bonds is 4. The molecular formula is C21H17N3O3S. The number of nitrogens with two attached hydrogens (primary N) is 1. The number of ketones is 1. The van der Waals surface area contributed by atoms with Crippen LogP contribution in [-0.4, -0.2) is 23.8 Å². The Bertz CT molecular complexity index is 1230. The first kappa shape index (κ1) is 17.9. The number of fused-ring (bicyclic) bond motifs is 2. The molecular weight excluding hydrogens is 374 g/mol. The minimum atomic E-state index is -0.308. The third kappa shape index (κ3) is 3.16. The van der Waals surface area contributed by atoms with Gasteiger partial charge in [0.15, 0.2) is 5.78 Å². The van der Waals surface area contributed by atoms with Crippen molar-refractivity contribution in [2.45, 2.75) is 6.92 Å². The Morgan fingerprint density at radius 1 is 1.11 bits per heavy atom. The highest BCUT2D eigenvalue weighted by Gasteiger charge is 2.18. The fourth-order valence-corrected chi connectivity index (χ4v) is 3.93. The van der Waals surface area contributed by atoms with E-state index in [0.29, 0.717) is 26.6 Å². The Morgan fingerprint density at radius 3 is 2.54 bits per heavy atom. The van der Waals surface area contributed by atoms with Gasteiger partial charge in [0.25, 0.3) is 5.91 Å². The number of benzene rings is 2. The summed E-state index contributed by atoms with van der Waals surface area (Å²) in [7, 11) is 1.61. The van der Waals surface area contributed by atoms with Crippen molar-refractivity contribution in [3.8, 4) is 5.75 Å². The molecule has 0 fully saturated rings. The zero-order chi connectivity index (χ0) is 19.8. The predicted molar refractivity (Wildman–Crippen MR) is 112 cm³/mol. The van der Waals surface area contributed by atoms with Crippen LogP contribution in [0, 0.1) is 0 Å². The Balaban J connectivity index is 1.69. The van der Waals surface area contributed by atoms with Gasteiger partial charge in [-0.3, -0.25) is 9.59 Å². The monoisotopic (exact) mass is 391 g/mol. The lowest BCUT2D eigenvalue weighted by Crippen LogP contribution is -2.12. The molecule has 0 aliphatic rings. The number of aromatic nitrogens is 1. The van der Waals surface area contributed by atoms with Crippen LogP contribution in [0.25, 0.3) is 21.1 Å². The number of thiophene rings is 1. The van der Waals surface area contributed by atoms with Gasteiger partial charge in [0, 0.05) is 22.0 Å². The summed E-state index contributed by atoms with van der Waals surface area (Å²) in [6.45, 7) is 1.50. The largest absolute Gasteiger partial charge is 0.497 e. The van der Waals surface area contributed by atoms with Crippen LogP contribution in [0.3, 0.4) is 0 Å². The normalized spacial score (nSPS) is 10.9. The summed E-state index contributed by atoms with van der Waals surface area (Å²) < 4.78 is 5.26. The smallest absolute Gasteiger partial charge is 0.267 e. The number of nitrogens with one attached hydrogen (secondary N) is 1. The minimum absolute atomic E-state index is 0.0265. The van der Waals surface area contributed by atoms with Gasteiger partial charge in [-0.15, -0.1) is 11.3 Å². The number of nitrogens with zero attached hydrogens (tertiary/aromatic N) is 1. The summed E-state index contributed by atoms with van der Waals surface area (Å²) in [5.41, 5.74) is 8.64. The molecule has 0 radical (unpaired) electrons. The molecule has 4 aromatic rings. The minimum Gasteiger partial charge on any atom is -0.497 e. The Kier molecular flexibility index (Phi) is 4.44. The highest BCUT2D eigenvalue weighted by molar-refractivity contribution is 7.21. The van der Waals surface area contributed by atoms with E-state index in [2.05, 4.69) is 10.3 Å². The topological polar surface area (TPSA) is 94.3 Å². The molecule has 0 aliphatic carbocycles. The number of carbonyl (C=O) groups excluding carboxylic acids is 2. The van der Waals surface area contributed by atoms with E-state index in [1.807, 2.05) is 24.3 Å². The Morgan fingerprint density at radius 2 is 1.86 bits per heavy atom. The molecule has 0 bridgehead atoms. The van der Waals surface area contributed by atoms with Crippen molar-refractivity contribution in [2.24, 2.45) is 0 Å². The molecule has 0 unspecified atom stereocenters. The lowest BCUT2D eigenvalue weighted by atomic mass is 10.1. The van der Waals surface area contributed by atoms with Crippen molar-refractivity contribution in [3.63, 3.8) is 0 Å². The molecule has 0 atom stereocenters. The van der Waals surface area contributed by atoms with Crippen molar-refractivity contribution in [1.29, 1.82) is 0 Å². The Hall–Kier alpha value is -3.45. The standard InChI is InChI=1S/C21H17N3O3S/c1-11(25)12-3-5-14(6-4-12)23-20(26)19-18(22)16-10-13-9-15(27-2)7-8-17(13)24-21(16)28-19/h3-10H,22H2,1-2H3,(H,23,26). The van der Waals surface area contributed by atoms with E-state index >= 15 is 0 Å². The van der Waals surface area contributed by atoms with Crippen molar-refractivity contribution < 1.29 is 14.3 Å². The fraction of sp³-hybridized carbons (Fsp3) is 0.0952. The number of carbonyl (C=O) groups is 2. The van der Waals surface area contributed by atoms with E-state index in [4.69, 9.17) is 10.5 Å². The molecule has 2 heterocycles. The van der Waals surface area contributed by atoms with E-state index < -0.39 is 0 Å². The third-order valence-corrected chi connectivity index (χ3v) is 5.59. The van der Waals surface area contributed by atoms with Crippen LogP contribution < -0.4 is 15.8 Å². The second kappa shape index (κ2) is 6.94. The zero-order valence-corrected chi connectivity index (χ0v) is 16.1. The summed E-state index contributed by atoms with van der Waals surface area (Å²) in [4.78, 5) is 29.8. The van der Waals surface area contributed by atoms with Gasteiger partial charge in [-0.25, -0.2) is 4.98 Å². The number of ether oxygens (including phenoxy) is 1. The van der Waals surface area contributed by atoms with Crippen LogP contribution in [0.2, 0.25) is 0 Å². The molecule has 3 N–H and O–H groups in total. The molecule has 28 heavy (non-hydrogen) atoms. The first-order valence-corrected chi connectivity index (χ1v) is 9.37. The summed E-state index contributed by atoms with van der Waals surface area (Å²) in [5, 5.41) is 4.45. The van der Waals surface area contributed by atoms with E-state index in [1.54, 1.807) is 31.4 Å². The number of nitrogen functional groups attached to an aromatic ring is 1. The maximum absolute atomic E-state index is 12.7. The number of Topliss-reactive ketones (excluding diaryl/α,β-unsaturated/α-hetero) is 1. The van der Waals surface area contributed by atoms with E-state index in [1.165, 1.54) is 18.3 Å². The van der Waals surface area contributed by atoms with Crippen molar-refractivity contribution in [1.82, 2.24) is 4.98 Å². The van der Waals surface area contributed by atoms with Gasteiger partial charge in [0.05, 0.1) is 18.3 Å². The summed E-state index contributed by atoms with van der Waals surface area (Å²) in [5.74, 6) is 0.397. The van der Waals surface area contributed by atoms with Crippen LogP contribution in [0.15, 0.2) is 48.5 Å². The number of anilines is 2. The molecule has 0 spiro atoms. The van der Waals surface area contributed by atoms with E-state index in [9.17, 15) is 9.59 Å². The van der Waals surface area contributed by atoms with Gasteiger partial charge >= 0.3 is 0 Å². The molecule has 0 saturated carbocycles. The SMILES string of the molecule is COc1ccc2nc3sc(C(=O)Nc4ccc(C(C)=O)cc4)c(N)c3cc2c1. The van der Waals surface area contributed by atoms with Crippen LogP contribution in [0.4, 0.5) is 11.4 Å². The van der Waals surface area contributed by atoms with Crippen molar-refractivity contribution in [2.75, 3.05) is 18.2 Å². The number of hydrogen-bond donors (Lipinski definition) is 2. The van der Waals surface area contributed by atoms with E-state index in [0.717, 1.165) is 22.0 Å². The quantitative estimate of drug-likeness (QED) is 0.500. The maximum Gasteiger partial charge on any atom is 0.267 e. The maximum atomic E-state index is 12.7. The summed E-state index contributed by atoms with van der Waals surface area (Å²) in [6, 6.07) is 14.3. The lowest BCUT2D eigenvalue weighted by Gasteiger charge is -2.05. The van der Waals surface area contributed by atoms with Crippen LogP contribution in [0.5, 0.6) is 5.75 Å². The number of pyridine rings is 1. The first-order valence-electron chi connectivity index (χ1n) is 8.55. The number of methoxy groups -OCH3 is 1. The first-order chi connectivity index (χ1) is 13.5. The molecule has 4 rings (SSSR count). The molecule has 0 aliphatic heterocycles.